The van der Waals surface area contributed by atoms with Crippen molar-refractivity contribution in [1.29, 1.82) is 0 Å². The first-order chi connectivity index (χ1) is 18.7. The zero-order valence-corrected chi connectivity index (χ0v) is 22.5. The number of rotatable bonds is 10. The highest BCUT2D eigenvalue weighted by atomic mass is 16.2. The first-order valence-electron chi connectivity index (χ1n) is 13.9. The minimum Gasteiger partial charge on any atom is -0.384 e. The Hall–Kier alpha value is -3.46. The average Bonchev–Trinajstić information content (AvgIpc) is 2.96. The van der Waals surface area contributed by atoms with Gasteiger partial charge in [0.1, 0.15) is 6.61 Å². The van der Waals surface area contributed by atoms with Crippen molar-refractivity contribution in [3.05, 3.63) is 101 Å². The van der Waals surface area contributed by atoms with E-state index in [-0.39, 0.29) is 18.6 Å². The molecule has 2 heterocycles. The first kappa shape index (κ1) is 27.6. The molecule has 5 nitrogen and oxygen atoms in total. The summed E-state index contributed by atoms with van der Waals surface area (Å²) in [6, 6.07) is 22.4. The zero-order chi connectivity index (χ0) is 26.6. The summed E-state index contributed by atoms with van der Waals surface area (Å²) in [6.45, 7) is 5.30. The van der Waals surface area contributed by atoms with E-state index in [4.69, 9.17) is 5.11 Å². The molecule has 198 valence electrons. The van der Waals surface area contributed by atoms with Crippen LogP contribution < -0.4 is 0 Å². The number of pyridine rings is 1. The molecule has 0 radical (unpaired) electrons. The van der Waals surface area contributed by atoms with E-state index in [0.29, 0.717) is 6.54 Å². The Morgan fingerprint density at radius 1 is 1.03 bits per heavy atom. The van der Waals surface area contributed by atoms with Crippen LogP contribution in [0.3, 0.4) is 0 Å². The van der Waals surface area contributed by atoms with Crippen LogP contribution in [-0.4, -0.2) is 51.5 Å². The molecule has 1 saturated heterocycles. The van der Waals surface area contributed by atoms with Crippen LogP contribution in [-0.2, 0) is 19.5 Å². The van der Waals surface area contributed by atoms with Crippen molar-refractivity contribution < 1.29 is 9.90 Å². The van der Waals surface area contributed by atoms with Gasteiger partial charge >= 0.3 is 0 Å². The lowest BCUT2D eigenvalue weighted by Gasteiger charge is -2.38. The van der Waals surface area contributed by atoms with Gasteiger partial charge in [0.05, 0.1) is 5.69 Å². The molecule has 38 heavy (non-hydrogen) atoms. The normalized spacial score (nSPS) is 14.1. The van der Waals surface area contributed by atoms with Crippen LogP contribution in [0.5, 0.6) is 0 Å². The van der Waals surface area contributed by atoms with Crippen molar-refractivity contribution in [3.63, 3.8) is 0 Å². The van der Waals surface area contributed by atoms with Crippen LogP contribution in [0.2, 0.25) is 0 Å². The number of nitrogens with zero attached hydrogens (tertiary/aromatic N) is 3. The third-order valence-corrected chi connectivity index (χ3v) is 7.23. The molecule has 1 amide bonds. The standard InChI is InChI=1S/C33H39N3O2/c1-2-3-4-9-27-14-16-30(17-15-27)33(38)36(25-29-11-7-10-28(24-29)12-8-23-37)32-18-21-35(22-19-32)26-31-13-5-6-20-34-31/h5-7,10-11,13-17,20,24,32,37H,2-4,9,18-19,21-23,25-26H2,1H3. The average molecular weight is 510 g/mol. The molecule has 0 saturated carbocycles. The van der Waals surface area contributed by atoms with Gasteiger partial charge in [-0.25, -0.2) is 0 Å². The quantitative estimate of drug-likeness (QED) is 0.291. The molecule has 1 aliphatic heterocycles. The van der Waals surface area contributed by atoms with Gasteiger partial charge in [-0.05, 0) is 73.2 Å². The van der Waals surface area contributed by atoms with Gasteiger partial charge in [0.15, 0.2) is 0 Å². The number of aromatic nitrogens is 1. The Kier molecular flexibility index (Phi) is 10.5. The molecule has 1 N–H and O–H groups in total. The molecule has 0 spiro atoms. The summed E-state index contributed by atoms with van der Waals surface area (Å²) in [5.74, 6) is 5.79. The van der Waals surface area contributed by atoms with E-state index in [1.54, 1.807) is 0 Å². The van der Waals surface area contributed by atoms with E-state index in [2.05, 4.69) is 57.8 Å². The summed E-state index contributed by atoms with van der Waals surface area (Å²) >= 11 is 0. The maximum Gasteiger partial charge on any atom is 0.254 e. The number of carbonyl (C=O) groups excluding carboxylic acids is 1. The summed E-state index contributed by atoms with van der Waals surface area (Å²) in [6.07, 6.45) is 8.38. The number of likely N-dealkylation sites (tertiary alicyclic amines) is 1. The Bertz CT molecular complexity index is 1210. The summed E-state index contributed by atoms with van der Waals surface area (Å²) in [5, 5.41) is 9.07. The third-order valence-electron chi connectivity index (χ3n) is 7.23. The minimum atomic E-state index is -0.166. The molecular weight excluding hydrogens is 470 g/mol. The molecule has 1 aliphatic rings. The number of hydrogen-bond acceptors (Lipinski definition) is 4. The number of unbranched alkanes of at least 4 members (excludes halogenated alkanes) is 2. The SMILES string of the molecule is CCCCCc1ccc(C(=O)N(Cc2cccc(C#CCO)c2)C2CCN(Cc3ccccn3)CC2)cc1. The van der Waals surface area contributed by atoms with Crippen molar-refractivity contribution in [2.24, 2.45) is 0 Å². The van der Waals surface area contributed by atoms with Gasteiger partial charge in [-0.1, -0.05) is 61.9 Å². The number of carbonyl (C=O) groups is 1. The summed E-state index contributed by atoms with van der Waals surface area (Å²) in [7, 11) is 0. The van der Waals surface area contributed by atoms with Gasteiger partial charge in [0.2, 0.25) is 0 Å². The van der Waals surface area contributed by atoms with Crippen LogP contribution >= 0.6 is 0 Å². The molecule has 4 rings (SSSR count). The molecule has 0 unspecified atom stereocenters. The highest BCUT2D eigenvalue weighted by Gasteiger charge is 2.29. The minimum absolute atomic E-state index is 0.0835. The zero-order valence-electron chi connectivity index (χ0n) is 22.5. The lowest BCUT2D eigenvalue weighted by Crippen LogP contribution is -2.47. The molecule has 3 aromatic rings. The van der Waals surface area contributed by atoms with E-state index < -0.39 is 0 Å². The van der Waals surface area contributed by atoms with E-state index in [1.165, 1.54) is 24.8 Å². The number of piperidine rings is 1. The van der Waals surface area contributed by atoms with Gasteiger partial charge in [-0.3, -0.25) is 14.7 Å². The van der Waals surface area contributed by atoms with Gasteiger partial charge in [-0.2, -0.15) is 0 Å². The number of aliphatic hydroxyl groups is 1. The fourth-order valence-electron chi connectivity index (χ4n) is 5.12. The second-order valence-corrected chi connectivity index (χ2v) is 10.1. The predicted molar refractivity (Wildman–Crippen MR) is 152 cm³/mol. The Morgan fingerprint density at radius 2 is 1.84 bits per heavy atom. The number of hydrogen-bond donors (Lipinski definition) is 1. The van der Waals surface area contributed by atoms with E-state index in [1.807, 2.05) is 48.7 Å². The Balaban J connectivity index is 1.49. The largest absolute Gasteiger partial charge is 0.384 e. The van der Waals surface area contributed by atoms with Crippen LogP contribution in [0.4, 0.5) is 0 Å². The van der Waals surface area contributed by atoms with Crippen LogP contribution in [0, 0.1) is 11.8 Å². The maximum absolute atomic E-state index is 13.9. The molecular formula is C33H39N3O2. The van der Waals surface area contributed by atoms with Crippen molar-refractivity contribution in [3.8, 4) is 11.8 Å². The highest BCUT2D eigenvalue weighted by Crippen LogP contribution is 2.23. The number of aryl methyl sites for hydroxylation is 1. The molecule has 1 fully saturated rings. The molecule has 5 heteroatoms. The summed E-state index contributed by atoms with van der Waals surface area (Å²) in [4.78, 5) is 22.9. The maximum atomic E-state index is 13.9. The van der Waals surface area contributed by atoms with Gasteiger partial charge in [0.25, 0.3) is 5.91 Å². The summed E-state index contributed by atoms with van der Waals surface area (Å²) in [5.41, 5.74) is 5.02. The number of aliphatic hydroxyl groups excluding tert-OH is 1. The predicted octanol–water partition coefficient (Wildman–Crippen LogP) is 5.47. The van der Waals surface area contributed by atoms with Crippen molar-refractivity contribution in [2.75, 3.05) is 19.7 Å². The highest BCUT2D eigenvalue weighted by molar-refractivity contribution is 5.94. The van der Waals surface area contributed by atoms with Crippen molar-refractivity contribution in [2.45, 2.75) is 64.6 Å². The van der Waals surface area contributed by atoms with Gasteiger partial charge in [0, 0.05) is 49.5 Å². The lowest BCUT2D eigenvalue weighted by atomic mass is 9.99. The lowest BCUT2D eigenvalue weighted by molar-refractivity contribution is 0.0541. The molecule has 0 atom stereocenters. The second kappa shape index (κ2) is 14.5. The molecule has 2 aromatic carbocycles. The van der Waals surface area contributed by atoms with Gasteiger partial charge < -0.3 is 10.0 Å². The monoisotopic (exact) mass is 509 g/mol. The fraction of sp³-hybridized carbons (Fsp3) is 0.394. The van der Waals surface area contributed by atoms with Crippen LogP contribution in [0.1, 0.15) is 71.8 Å². The van der Waals surface area contributed by atoms with E-state index in [0.717, 1.165) is 61.3 Å². The topological polar surface area (TPSA) is 56.7 Å². The van der Waals surface area contributed by atoms with Crippen molar-refractivity contribution in [1.82, 2.24) is 14.8 Å². The molecule has 1 aromatic heterocycles. The molecule has 0 aliphatic carbocycles. The van der Waals surface area contributed by atoms with E-state index >= 15 is 0 Å². The third kappa shape index (κ3) is 8.02. The number of benzene rings is 2. The van der Waals surface area contributed by atoms with Crippen LogP contribution in [0.15, 0.2) is 72.9 Å². The summed E-state index contributed by atoms with van der Waals surface area (Å²) < 4.78 is 0. The van der Waals surface area contributed by atoms with E-state index in [9.17, 15) is 4.79 Å². The Morgan fingerprint density at radius 3 is 2.55 bits per heavy atom. The smallest absolute Gasteiger partial charge is 0.254 e. The van der Waals surface area contributed by atoms with Gasteiger partial charge in [-0.15, -0.1) is 0 Å². The first-order valence-corrected chi connectivity index (χ1v) is 13.9. The Labute approximate surface area is 227 Å². The number of amides is 1. The fourth-order valence-corrected chi connectivity index (χ4v) is 5.12. The molecule has 0 bridgehead atoms. The van der Waals surface area contributed by atoms with Crippen molar-refractivity contribution >= 4 is 5.91 Å². The van der Waals surface area contributed by atoms with Crippen LogP contribution in [0.25, 0.3) is 0 Å². The second-order valence-electron chi connectivity index (χ2n) is 10.1.